The first kappa shape index (κ1) is 15.4. The van der Waals surface area contributed by atoms with Crippen molar-refractivity contribution in [2.45, 2.75) is 11.8 Å². The second-order valence-corrected chi connectivity index (χ2v) is 5.85. The van der Waals surface area contributed by atoms with Crippen molar-refractivity contribution in [1.82, 2.24) is 0 Å². The van der Waals surface area contributed by atoms with Gasteiger partial charge >= 0.3 is 5.97 Å². The number of carbonyl (C=O) groups excluding carboxylic acids is 2. The Kier molecular flexibility index (Phi) is 4.52. The second kappa shape index (κ2) is 6.75. The number of anilines is 1. The first-order valence-electron chi connectivity index (χ1n) is 7.18. The summed E-state index contributed by atoms with van der Waals surface area (Å²) < 4.78 is 10.1. The molecule has 0 bridgehead atoms. The largest absolute Gasteiger partial charge is 0.465 e. The zero-order valence-corrected chi connectivity index (χ0v) is 13.3. The van der Waals surface area contributed by atoms with Crippen LogP contribution in [0.1, 0.15) is 17.5 Å². The highest BCUT2D eigenvalue weighted by molar-refractivity contribution is 8.03. The van der Waals surface area contributed by atoms with Crippen molar-refractivity contribution in [3.63, 3.8) is 0 Å². The molecule has 118 valence electrons. The van der Waals surface area contributed by atoms with Gasteiger partial charge in [0.25, 0.3) is 0 Å². The molecule has 3 rings (SSSR count). The Bertz CT molecular complexity index is 752. The molecule has 1 aromatic carbocycles. The van der Waals surface area contributed by atoms with E-state index in [4.69, 9.17) is 9.15 Å². The molecule has 23 heavy (non-hydrogen) atoms. The van der Waals surface area contributed by atoms with Crippen LogP contribution < -0.4 is 4.90 Å². The number of hydrogen-bond acceptors (Lipinski definition) is 6. The average molecular weight is 329 g/mol. The van der Waals surface area contributed by atoms with Crippen molar-refractivity contribution in [2.24, 2.45) is 0 Å². The summed E-state index contributed by atoms with van der Waals surface area (Å²) in [6, 6.07) is 11.0. The molecule has 0 saturated carbocycles. The number of esters is 1. The maximum absolute atomic E-state index is 12.2. The van der Waals surface area contributed by atoms with Crippen LogP contribution in [0.4, 0.5) is 5.69 Å². The fraction of sp³-hybridized carbons (Fsp3) is 0.176. The number of ether oxygens (including phenoxy) is 1. The summed E-state index contributed by atoms with van der Waals surface area (Å²) >= 11 is 1.45. The van der Waals surface area contributed by atoms with E-state index in [2.05, 4.69) is 0 Å². The van der Waals surface area contributed by atoms with Crippen molar-refractivity contribution in [2.75, 3.05) is 18.1 Å². The lowest BCUT2D eigenvalue weighted by Gasteiger charge is -2.19. The number of para-hydroxylation sites is 1. The van der Waals surface area contributed by atoms with Crippen LogP contribution in [0.25, 0.3) is 0 Å². The fourth-order valence-electron chi connectivity index (χ4n) is 2.26. The van der Waals surface area contributed by atoms with Crippen LogP contribution in [-0.2, 0) is 9.53 Å². The summed E-state index contributed by atoms with van der Waals surface area (Å²) in [5.74, 6) is -0.301. The average Bonchev–Trinajstić information content (AvgIpc) is 3.17. The Balaban J connectivity index is 1.89. The highest BCUT2D eigenvalue weighted by Gasteiger charge is 2.28. The van der Waals surface area contributed by atoms with Gasteiger partial charge in [-0.25, -0.2) is 0 Å². The van der Waals surface area contributed by atoms with Gasteiger partial charge < -0.3 is 14.1 Å². The summed E-state index contributed by atoms with van der Waals surface area (Å²) in [7, 11) is 0. The zero-order chi connectivity index (χ0) is 16.2. The molecule has 0 spiro atoms. The summed E-state index contributed by atoms with van der Waals surface area (Å²) in [6.45, 7) is 2.16. The molecule has 1 aliphatic rings. The molecule has 0 atom stereocenters. The van der Waals surface area contributed by atoms with Crippen molar-refractivity contribution in [3.05, 3.63) is 59.5 Å². The third-order valence-electron chi connectivity index (χ3n) is 3.25. The van der Waals surface area contributed by atoms with Gasteiger partial charge in [-0.1, -0.05) is 23.9 Å². The van der Waals surface area contributed by atoms with Gasteiger partial charge in [0.05, 0.1) is 23.6 Å². The van der Waals surface area contributed by atoms with Crippen LogP contribution in [0.2, 0.25) is 0 Å². The van der Waals surface area contributed by atoms with E-state index in [-0.39, 0.29) is 24.1 Å². The predicted molar refractivity (Wildman–Crippen MR) is 87.4 cm³/mol. The van der Waals surface area contributed by atoms with E-state index in [9.17, 15) is 9.59 Å². The van der Waals surface area contributed by atoms with Gasteiger partial charge in [-0.2, -0.15) is 0 Å². The van der Waals surface area contributed by atoms with Gasteiger partial charge in [0, 0.05) is 11.0 Å². The third kappa shape index (κ3) is 3.32. The van der Waals surface area contributed by atoms with Gasteiger partial charge in [-0.05, 0) is 31.2 Å². The molecular weight excluding hydrogens is 314 g/mol. The Morgan fingerprint density at radius 1 is 1.26 bits per heavy atom. The highest BCUT2D eigenvalue weighted by atomic mass is 32.2. The van der Waals surface area contributed by atoms with Crippen LogP contribution in [0.3, 0.4) is 0 Å². The number of hydrogen-bond donors (Lipinski definition) is 0. The van der Waals surface area contributed by atoms with E-state index < -0.39 is 0 Å². The van der Waals surface area contributed by atoms with E-state index in [1.54, 1.807) is 24.0 Å². The lowest BCUT2D eigenvalue weighted by atomic mass is 10.2. The van der Waals surface area contributed by atoms with Crippen molar-refractivity contribution in [3.8, 4) is 0 Å². The van der Waals surface area contributed by atoms with E-state index in [1.807, 2.05) is 24.3 Å². The molecule has 0 N–H and O–H groups in total. The summed E-state index contributed by atoms with van der Waals surface area (Å²) in [6.07, 6.45) is 2.95. The smallest absolute Gasteiger partial charge is 0.325 e. The minimum absolute atomic E-state index is 0.0646. The Morgan fingerprint density at radius 3 is 2.83 bits per heavy atom. The molecule has 0 saturated heterocycles. The molecule has 0 amide bonds. The van der Waals surface area contributed by atoms with Gasteiger partial charge in [-0.15, -0.1) is 0 Å². The first-order chi connectivity index (χ1) is 11.2. The maximum Gasteiger partial charge on any atom is 0.325 e. The van der Waals surface area contributed by atoms with Crippen LogP contribution in [0.5, 0.6) is 0 Å². The minimum atomic E-state index is -0.332. The second-order valence-electron chi connectivity index (χ2n) is 4.79. The molecule has 1 aromatic heterocycles. The number of rotatable bonds is 5. The molecule has 0 unspecified atom stereocenters. The SMILES string of the molecule is CCOC(=O)CN1C(=CC(=O)c2ccco2)Sc2ccccc21. The van der Waals surface area contributed by atoms with Gasteiger partial charge in [0.1, 0.15) is 6.54 Å². The third-order valence-corrected chi connectivity index (χ3v) is 4.36. The van der Waals surface area contributed by atoms with E-state index >= 15 is 0 Å². The number of ketones is 1. The maximum atomic E-state index is 12.2. The van der Waals surface area contributed by atoms with Gasteiger partial charge in [-0.3, -0.25) is 9.59 Å². The van der Waals surface area contributed by atoms with Gasteiger partial charge in [0.2, 0.25) is 5.78 Å². The predicted octanol–water partition coefficient (Wildman–Crippen LogP) is 3.48. The molecular formula is C17H15NO4S. The molecule has 0 fully saturated rings. The topological polar surface area (TPSA) is 59.8 Å². The van der Waals surface area contributed by atoms with Crippen LogP contribution >= 0.6 is 11.8 Å². The number of fused-ring (bicyclic) bond motifs is 1. The minimum Gasteiger partial charge on any atom is -0.465 e. The summed E-state index contributed by atoms with van der Waals surface area (Å²) in [5, 5.41) is 0.681. The monoisotopic (exact) mass is 329 g/mol. The normalized spacial score (nSPS) is 14.8. The number of nitrogens with zero attached hydrogens (tertiary/aromatic N) is 1. The van der Waals surface area contributed by atoms with E-state index in [0.29, 0.717) is 11.6 Å². The first-order valence-corrected chi connectivity index (χ1v) is 8.00. The van der Waals surface area contributed by atoms with Crippen LogP contribution in [0, 0.1) is 0 Å². The lowest BCUT2D eigenvalue weighted by molar-refractivity contribution is -0.141. The quantitative estimate of drug-likeness (QED) is 0.475. The number of carbonyl (C=O) groups is 2. The molecule has 0 radical (unpaired) electrons. The van der Waals surface area contributed by atoms with Crippen molar-refractivity contribution < 1.29 is 18.7 Å². The Morgan fingerprint density at radius 2 is 2.09 bits per heavy atom. The molecule has 6 heteroatoms. The van der Waals surface area contributed by atoms with Crippen molar-refractivity contribution >= 4 is 29.2 Å². The molecule has 1 aliphatic heterocycles. The fourth-order valence-corrected chi connectivity index (χ4v) is 3.35. The molecule has 0 aliphatic carbocycles. The standard InChI is InChI=1S/C17H15NO4S/c1-2-21-17(20)11-18-12-6-3-4-8-15(12)23-16(18)10-13(19)14-7-5-9-22-14/h3-10H,2,11H2,1H3. The summed E-state index contributed by atoms with van der Waals surface area (Å²) in [5.41, 5.74) is 0.893. The number of allylic oxidation sites excluding steroid dienone is 1. The van der Waals surface area contributed by atoms with E-state index in [0.717, 1.165) is 10.6 Å². The Hall–Kier alpha value is -2.47. The highest BCUT2D eigenvalue weighted by Crippen LogP contribution is 2.45. The van der Waals surface area contributed by atoms with Crippen molar-refractivity contribution in [1.29, 1.82) is 0 Å². The summed E-state index contributed by atoms with van der Waals surface area (Å²) in [4.78, 5) is 26.9. The van der Waals surface area contributed by atoms with Crippen LogP contribution in [-0.4, -0.2) is 24.9 Å². The molecule has 2 heterocycles. The van der Waals surface area contributed by atoms with E-state index in [1.165, 1.54) is 24.1 Å². The molecule has 5 nitrogen and oxygen atoms in total. The number of benzene rings is 1. The lowest BCUT2D eigenvalue weighted by Crippen LogP contribution is -2.27. The zero-order valence-electron chi connectivity index (χ0n) is 12.5. The number of furan rings is 1. The van der Waals surface area contributed by atoms with Gasteiger partial charge in [0.15, 0.2) is 5.76 Å². The molecule has 2 aromatic rings. The number of thioether (sulfide) groups is 1. The Labute approximate surface area is 137 Å². The van der Waals surface area contributed by atoms with Crippen LogP contribution in [0.15, 0.2) is 63.1 Å².